The highest BCUT2D eigenvalue weighted by atomic mass is 32.2. The minimum atomic E-state index is -0.118. The van der Waals surface area contributed by atoms with Gasteiger partial charge in [0.2, 0.25) is 11.8 Å². The maximum Gasteiger partial charge on any atom is 0.239 e. The first-order valence-electron chi connectivity index (χ1n) is 7.71. The summed E-state index contributed by atoms with van der Waals surface area (Å²) in [5, 5.41) is 15.7. The molecule has 9 heteroatoms. The van der Waals surface area contributed by atoms with E-state index in [0.29, 0.717) is 16.9 Å². The molecule has 0 radical (unpaired) electrons. The van der Waals surface area contributed by atoms with Crippen molar-refractivity contribution in [3.8, 4) is 5.69 Å². The van der Waals surface area contributed by atoms with Gasteiger partial charge in [-0.05, 0) is 39.0 Å². The van der Waals surface area contributed by atoms with Crippen molar-refractivity contribution in [2.45, 2.75) is 38.1 Å². The van der Waals surface area contributed by atoms with Gasteiger partial charge in [0.25, 0.3) is 0 Å². The highest BCUT2D eigenvalue weighted by molar-refractivity contribution is 7.99. The van der Waals surface area contributed by atoms with Crippen LogP contribution in [0.3, 0.4) is 0 Å². The zero-order chi connectivity index (χ0) is 18.0. The van der Waals surface area contributed by atoms with Crippen molar-refractivity contribution in [3.63, 3.8) is 0 Å². The lowest BCUT2D eigenvalue weighted by atomic mass is 10.2. The number of nitrogens with one attached hydrogen (secondary N) is 1. The van der Waals surface area contributed by atoms with Gasteiger partial charge in [0.15, 0.2) is 11.0 Å². The number of carbonyl (C=O) groups is 1. The van der Waals surface area contributed by atoms with Crippen LogP contribution in [-0.4, -0.2) is 30.8 Å². The van der Waals surface area contributed by atoms with Gasteiger partial charge in [-0.3, -0.25) is 9.36 Å². The maximum absolute atomic E-state index is 11.3. The van der Waals surface area contributed by atoms with E-state index in [1.54, 1.807) is 6.92 Å². The van der Waals surface area contributed by atoms with Crippen molar-refractivity contribution < 1.29 is 9.32 Å². The number of hydrogen-bond donors (Lipinski definition) is 1. The van der Waals surface area contributed by atoms with Crippen molar-refractivity contribution in [1.29, 1.82) is 0 Å². The van der Waals surface area contributed by atoms with Crippen LogP contribution in [0, 0.1) is 13.8 Å². The molecule has 3 rings (SSSR count). The van der Waals surface area contributed by atoms with E-state index in [9.17, 15) is 4.79 Å². The summed E-state index contributed by atoms with van der Waals surface area (Å²) in [5.74, 6) is 1.77. The standard InChI is InChI=1S/C16H18N6O2S/c1-9(15-17-10(2)21-24-15)25-16-20-19-11(3)22(16)14-7-5-6-13(8-14)18-12(4)23/h5-9H,1-4H3,(H,18,23)/t9-/m0/s1. The first-order valence-corrected chi connectivity index (χ1v) is 8.59. The molecule has 0 bridgehead atoms. The van der Waals surface area contributed by atoms with Gasteiger partial charge >= 0.3 is 0 Å². The Bertz CT molecular complexity index is 904. The largest absolute Gasteiger partial charge is 0.338 e. The Hall–Kier alpha value is -2.68. The molecule has 0 spiro atoms. The van der Waals surface area contributed by atoms with Crippen LogP contribution in [0.4, 0.5) is 5.69 Å². The minimum absolute atomic E-state index is 0.0675. The summed E-state index contributed by atoms with van der Waals surface area (Å²) in [7, 11) is 0. The number of amides is 1. The number of carbonyl (C=O) groups excluding carboxylic acids is 1. The Morgan fingerprint density at radius 3 is 2.80 bits per heavy atom. The van der Waals surface area contributed by atoms with Gasteiger partial charge in [-0.25, -0.2) is 0 Å². The quantitative estimate of drug-likeness (QED) is 0.700. The zero-order valence-electron chi connectivity index (χ0n) is 14.3. The molecule has 2 heterocycles. The fourth-order valence-electron chi connectivity index (χ4n) is 2.33. The molecule has 0 saturated carbocycles. The van der Waals surface area contributed by atoms with Crippen LogP contribution in [0.15, 0.2) is 33.9 Å². The van der Waals surface area contributed by atoms with Gasteiger partial charge in [0.05, 0.1) is 10.9 Å². The van der Waals surface area contributed by atoms with E-state index in [4.69, 9.17) is 4.52 Å². The lowest BCUT2D eigenvalue weighted by molar-refractivity contribution is -0.114. The Kier molecular flexibility index (Phi) is 4.84. The van der Waals surface area contributed by atoms with Crippen LogP contribution in [-0.2, 0) is 4.79 Å². The second kappa shape index (κ2) is 7.06. The Balaban J connectivity index is 1.90. The normalized spacial score (nSPS) is 12.2. The number of aromatic nitrogens is 5. The molecule has 3 aromatic rings. The fraction of sp³-hybridized carbons (Fsp3) is 0.312. The van der Waals surface area contributed by atoms with Crippen LogP contribution in [0.2, 0.25) is 0 Å². The van der Waals surface area contributed by atoms with E-state index in [2.05, 4.69) is 25.7 Å². The molecule has 8 nitrogen and oxygen atoms in total. The highest BCUT2D eigenvalue weighted by Crippen LogP contribution is 2.34. The first kappa shape index (κ1) is 17.2. The zero-order valence-corrected chi connectivity index (χ0v) is 15.2. The summed E-state index contributed by atoms with van der Waals surface area (Å²) in [6.45, 7) is 7.11. The number of anilines is 1. The van der Waals surface area contributed by atoms with Crippen molar-refractivity contribution in [2.24, 2.45) is 0 Å². The van der Waals surface area contributed by atoms with E-state index < -0.39 is 0 Å². The molecule has 1 atom stereocenters. The Labute approximate surface area is 149 Å². The molecule has 2 aromatic heterocycles. The Morgan fingerprint density at radius 2 is 2.12 bits per heavy atom. The number of benzene rings is 1. The van der Waals surface area contributed by atoms with Gasteiger partial charge in [0, 0.05) is 12.6 Å². The number of thioether (sulfide) groups is 1. The van der Waals surface area contributed by atoms with Gasteiger partial charge in [-0.15, -0.1) is 10.2 Å². The molecular weight excluding hydrogens is 340 g/mol. The molecule has 0 aliphatic rings. The smallest absolute Gasteiger partial charge is 0.239 e. The van der Waals surface area contributed by atoms with E-state index in [1.807, 2.05) is 42.7 Å². The van der Waals surface area contributed by atoms with Crippen LogP contribution >= 0.6 is 11.8 Å². The van der Waals surface area contributed by atoms with Crippen LogP contribution in [0.5, 0.6) is 0 Å². The van der Waals surface area contributed by atoms with Gasteiger partial charge < -0.3 is 9.84 Å². The molecule has 130 valence electrons. The average Bonchev–Trinajstić information content (AvgIpc) is 3.13. The summed E-state index contributed by atoms with van der Waals surface area (Å²) in [4.78, 5) is 15.5. The lowest BCUT2D eigenvalue weighted by Gasteiger charge is -2.11. The van der Waals surface area contributed by atoms with Gasteiger partial charge in [0.1, 0.15) is 5.82 Å². The molecule has 0 fully saturated rings. The molecule has 0 unspecified atom stereocenters. The first-order chi connectivity index (χ1) is 11.9. The average molecular weight is 358 g/mol. The number of aryl methyl sites for hydroxylation is 2. The highest BCUT2D eigenvalue weighted by Gasteiger charge is 2.20. The minimum Gasteiger partial charge on any atom is -0.338 e. The van der Waals surface area contributed by atoms with E-state index in [-0.39, 0.29) is 11.2 Å². The summed E-state index contributed by atoms with van der Waals surface area (Å²) < 4.78 is 7.15. The summed E-state index contributed by atoms with van der Waals surface area (Å²) >= 11 is 1.48. The topological polar surface area (TPSA) is 98.7 Å². The van der Waals surface area contributed by atoms with Crippen LogP contribution in [0.1, 0.15) is 36.6 Å². The third-order valence-electron chi connectivity index (χ3n) is 3.39. The van der Waals surface area contributed by atoms with Gasteiger partial charge in [-0.1, -0.05) is 23.0 Å². The van der Waals surface area contributed by atoms with E-state index in [1.165, 1.54) is 18.7 Å². The van der Waals surface area contributed by atoms with Crippen LogP contribution < -0.4 is 5.32 Å². The fourth-order valence-corrected chi connectivity index (χ4v) is 3.27. The number of hydrogen-bond acceptors (Lipinski definition) is 7. The number of nitrogens with zero attached hydrogens (tertiary/aromatic N) is 5. The second-order valence-corrected chi connectivity index (χ2v) is 6.84. The van der Waals surface area contributed by atoms with Crippen molar-refractivity contribution >= 4 is 23.4 Å². The summed E-state index contributed by atoms with van der Waals surface area (Å²) in [6, 6.07) is 7.52. The predicted molar refractivity (Wildman–Crippen MR) is 93.7 cm³/mol. The van der Waals surface area contributed by atoms with Crippen molar-refractivity contribution in [3.05, 3.63) is 41.8 Å². The van der Waals surface area contributed by atoms with Crippen LogP contribution in [0.25, 0.3) is 5.69 Å². The molecule has 1 aromatic carbocycles. The Morgan fingerprint density at radius 1 is 1.32 bits per heavy atom. The second-order valence-electron chi connectivity index (χ2n) is 5.54. The van der Waals surface area contributed by atoms with E-state index in [0.717, 1.165) is 17.2 Å². The molecule has 1 amide bonds. The predicted octanol–water partition coefficient (Wildman–Crippen LogP) is 3.08. The van der Waals surface area contributed by atoms with Gasteiger partial charge in [-0.2, -0.15) is 4.98 Å². The van der Waals surface area contributed by atoms with E-state index >= 15 is 0 Å². The summed E-state index contributed by atoms with van der Waals surface area (Å²) in [6.07, 6.45) is 0. The molecule has 1 N–H and O–H groups in total. The third kappa shape index (κ3) is 3.87. The van der Waals surface area contributed by atoms with Crippen molar-refractivity contribution in [1.82, 2.24) is 24.9 Å². The number of rotatable bonds is 5. The monoisotopic (exact) mass is 358 g/mol. The summed E-state index contributed by atoms with van der Waals surface area (Å²) in [5.41, 5.74) is 1.58. The lowest BCUT2D eigenvalue weighted by Crippen LogP contribution is -2.07. The SMILES string of the molecule is CC(=O)Nc1cccc(-n2c(C)nnc2S[C@@H](C)c2nc(C)no2)c1. The van der Waals surface area contributed by atoms with Crippen molar-refractivity contribution in [2.75, 3.05) is 5.32 Å². The molecule has 0 aliphatic heterocycles. The molecule has 0 saturated heterocycles. The molecule has 0 aliphatic carbocycles. The maximum atomic E-state index is 11.3. The molecule has 25 heavy (non-hydrogen) atoms. The third-order valence-corrected chi connectivity index (χ3v) is 4.42. The molecular formula is C16H18N6O2S.